The Morgan fingerprint density at radius 1 is 1.21 bits per heavy atom. The van der Waals surface area contributed by atoms with E-state index in [-0.39, 0.29) is 17.2 Å². The van der Waals surface area contributed by atoms with Crippen LogP contribution in [0.15, 0.2) is 53.4 Å². The molecule has 1 amide bonds. The molecule has 0 fully saturated rings. The molecule has 0 aliphatic rings. The molecule has 0 bridgehead atoms. The minimum absolute atomic E-state index is 0.0239. The van der Waals surface area contributed by atoms with Gasteiger partial charge in [0.1, 0.15) is 5.75 Å². The first-order chi connectivity index (χ1) is 11.5. The van der Waals surface area contributed by atoms with Crippen LogP contribution in [0.5, 0.6) is 5.75 Å². The van der Waals surface area contributed by atoms with Crippen LogP contribution in [-0.4, -0.2) is 18.3 Å². The molecule has 5 heteroatoms. The molecule has 0 aliphatic heterocycles. The van der Waals surface area contributed by atoms with Gasteiger partial charge in [-0.25, -0.2) is 0 Å². The predicted molar refractivity (Wildman–Crippen MR) is 101 cm³/mol. The van der Waals surface area contributed by atoms with E-state index in [1.165, 1.54) is 0 Å². The lowest BCUT2D eigenvalue weighted by atomic mass is 10.1. The third-order valence-electron chi connectivity index (χ3n) is 3.72. The Hall–Kier alpha value is -1.65. The molecule has 0 aliphatic carbocycles. The Morgan fingerprint density at radius 2 is 1.88 bits per heavy atom. The van der Waals surface area contributed by atoms with E-state index in [9.17, 15) is 4.79 Å². The Kier molecular flexibility index (Phi) is 7.00. The van der Waals surface area contributed by atoms with Gasteiger partial charge < -0.3 is 10.1 Å². The lowest BCUT2D eigenvalue weighted by Crippen LogP contribution is -2.34. The van der Waals surface area contributed by atoms with Gasteiger partial charge in [-0.2, -0.15) is 0 Å². The van der Waals surface area contributed by atoms with E-state index in [0.717, 1.165) is 22.6 Å². The van der Waals surface area contributed by atoms with E-state index >= 15 is 0 Å². The Bertz CT molecular complexity index is 675. The molecular formula is C19H22ClNO2S. The molecule has 0 radical (unpaired) electrons. The maximum Gasteiger partial charge on any atom is 0.233 e. The fourth-order valence-electron chi connectivity index (χ4n) is 2.41. The molecule has 2 rings (SSSR count). The maximum absolute atomic E-state index is 12.6. The van der Waals surface area contributed by atoms with Crippen molar-refractivity contribution in [2.75, 3.05) is 7.11 Å². The fourth-order valence-corrected chi connectivity index (χ4v) is 3.50. The summed E-state index contributed by atoms with van der Waals surface area (Å²) in [5.74, 6) is 0.805. The van der Waals surface area contributed by atoms with Crippen molar-refractivity contribution in [2.24, 2.45) is 0 Å². The van der Waals surface area contributed by atoms with Gasteiger partial charge in [-0.05, 0) is 43.7 Å². The SMILES string of the molecule is CC[C@@H](Sc1ccc(Cl)cc1)C(=O)N[C@H](C)c1ccccc1OC. The predicted octanol–water partition coefficient (Wildman–Crippen LogP) is 5.10. The summed E-state index contributed by atoms with van der Waals surface area (Å²) in [6, 6.07) is 15.2. The highest BCUT2D eigenvalue weighted by molar-refractivity contribution is 8.00. The van der Waals surface area contributed by atoms with Crippen molar-refractivity contribution >= 4 is 29.3 Å². The lowest BCUT2D eigenvalue weighted by Gasteiger charge is -2.21. The van der Waals surface area contributed by atoms with Gasteiger partial charge in [-0.1, -0.05) is 36.7 Å². The van der Waals surface area contributed by atoms with E-state index in [0.29, 0.717) is 5.02 Å². The number of hydrogen-bond acceptors (Lipinski definition) is 3. The van der Waals surface area contributed by atoms with Crippen LogP contribution in [0.3, 0.4) is 0 Å². The van der Waals surface area contributed by atoms with Crippen molar-refractivity contribution in [2.45, 2.75) is 36.5 Å². The second-order valence-electron chi connectivity index (χ2n) is 5.44. The van der Waals surface area contributed by atoms with Crippen LogP contribution in [0, 0.1) is 0 Å². The normalized spacial score (nSPS) is 13.2. The number of hydrogen-bond donors (Lipinski definition) is 1. The summed E-state index contributed by atoms with van der Waals surface area (Å²) in [7, 11) is 1.64. The van der Waals surface area contributed by atoms with Crippen LogP contribution in [0.1, 0.15) is 31.9 Å². The van der Waals surface area contributed by atoms with Gasteiger partial charge in [0, 0.05) is 15.5 Å². The molecule has 24 heavy (non-hydrogen) atoms. The number of amides is 1. The van der Waals surface area contributed by atoms with Gasteiger partial charge in [-0.3, -0.25) is 4.79 Å². The number of para-hydroxylation sites is 1. The summed E-state index contributed by atoms with van der Waals surface area (Å²) in [5.41, 5.74) is 0.972. The zero-order valence-electron chi connectivity index (χ0n) is 14.1. The maximum atomic E-state index is 12.6. The molecule has 0 spiro atoms. The van der Waals surface area contributed by atoms with E-state index in [1.54, 1.807) is 18.9 Å². The van der Waals surface area contributed by atoms with Crippen molar-refractivity contribution < 1.29 is 9.53 Å². The largest absolute Gasteiger partial charge is 0.496 e. The van der Waals surface area contributed by atoms with Crippen molar-refractivity contribution in [1.29, 1.82) is 0 Å². The zero-order chi connectivity index (χ0) is 17.5. The smallest absolute Gasteiger partial charge is 0.233 e. The molecule has 1 N–H and O–H groups in total. The molecule has 0 saturated carbocycles. The minimum atomic E-state index is -0.150. The molecule has 2 aromatic carbocycles. The van der Waals surface area contributed by atoms with E-state index < -0.39 is 0 Å². The van der Waals surface area contributed by atoms with Gasteiger partial charge in [0.05, 0.1) is 18.4 Å². The number of carbonyl (C=O) groups excluding carboxylic acids is 1. The third-order valence-corrected chi connectivity index (χ3v) is 5.35. The van der Waals surface area contributed by atoms with Gasteiger partial charge in [0.25, 0.3) is 0 Å². The van der Waals surface area contributed by atoms with Gasteiger partial charge >= 0.3 is 0 Å². The van der Waals surface area contributed by atoms with Gasteiger partial charge in [0.15, 0.2) is 0 Å². The molecule has 128 valence electrons. The molecule has 0 heterocycles. The van der Waals surface area contributed by atoms with Crippen LogP contribution in [0.25, 0.3) is 0 Å². The Morgan fingerprint density at radius 3 is 2.50 bits per heavy atom. The van der Waals surface area contributed by atoms with Gasteiger partial charge in [0.2, 0.25) is 5.91 Å². The average Bonchev–Trinajstić information content (AvgIpc) is 2.60. The summed E-state index contributed by atoms with van der Waals surface area (Å²) < 4.78 is 5.37. The molecule has 3 nitrogen and oxygen atoms in total. The Balaban J connectivity index is 2.04. The molecule has 0 aromatic heterocycles. The highest BCUT2D eigenvalue weighted by Gasteiger charge is 2.21. The minimum Gasteiger partial charge on any atom is -0.496 e. The number of rotatable bonds is 7. The highest BCUT2D eigenvalue weighted by Crippen LogP contribution is 2.29. The van der Waals surface area contributed by atoms with Crippen LogP contribution in [0.4, 0.5) is 0 Å². The quantitative estimate of drug-likeness (QED) is 0.696. The topological polar surface area (TPSA) is 38.3 Å². The van der Waals surface area contributed by atoms with E-state index in [1.807, 2.05) is 62.4 Å². The molecule has 0 saturated heterocycles. The number of thioether (sulfide) groups is 1. The van der Waals surface area contributed by atoms with E-state index in [4.69, 9.17) is 16.3 Å². The number of halogens is 1. The number of ether oxygens (including phenoxy) is 1. The van der Waals surface area contributed by atoms with Crippen molar-refractivity contribution in [1.82, 2.24) is 5.32 Å². The number of nitrogens with one attached hydrogen (secondary N) is 1. The zero-order valence-corrected chi connectivity index (χ0v) is 15.7. The first kappa shape index (κ1) is 18.7. The number of benzene rings is 2. The first-order valence-corrected chi connectivity index (χ1v) is 9.16. The van der Waals surface area contributed by atoms with Crippen LogP contribution >= 0.6 is 23.4 Å². The monoisotopic (exact) mass is 363 g/mol. The van der Waals surface area contributed by atoms with Crippen LogP contribution in [-0.2, 0) is 4.79 Å². The van der Waals surface area contributed by atoms with Crippen molar-refractivity contribution in [3.8, 4) is 5.75 Å². The van der Waals surface area contributed by atoms with E-state index in [2.05, 4.69) is 5.32 Å². The molecule has 2 aromatic rings. The third kappa shape index (κ3) is 4.92. The van der Waals surface area contributed by atoms with Crippen LogP contribution < -0.4 is 10.1 Å². The lowest BCUT2D eigenvalue weighted by molar-refractivity contribution is -0.121. The Labute approximate surface area is 152 Å². The van der Waals surface area contributed by atoms with Crippen LogP contribution in [0.2, 0.25) is 5.02 Å². The van der Waals surface area contributed by atoms with Crippen molar-refractivity contribution in [3.05, 3.63) is 59.1 Å². The molecule has 2 atom stereocenters. The average molecular weight is 364 g/mol. The van der Waals surface area contributed by atoms with Gasteiger partial charge in [-0.15, -0.1) is 11.8 Å². The fraction of sp³-hybridized carbons (Fsp3) is 0.316. The first-order valence-electron chi connectivity index (χ1n) is 7.90. The summed E-state index contributed by atoms with van der Waals surface area (Å²) in [6.07, 6.45) is 0.748. The summed E-state index contributed by atoms with van der Waals surface area (Å²) in [6.45, 7) is 3.98. The standard InChI is InChI=1S/C19H22ClNO2S/c1-4-18(24-15-11-9-14(20)10-12-15)19(22)21-13(2)16-7-5-6-8-17(16)23-3/h5-13,18H,4H2,1-3H3,(H,21,22)/t13-,18-/m1/s1. The number of methoxy groups -OCH3 is 1. The second kappa shape index (κ2) is 9.00. The molecule has 0 unspecified atom stereocenters. The summed E-state index contributed by atoms with van der Waals surface area (Å²) >= 11 is 7.46. The summed E-state index contributed by atoms with van der Waals surface area (Å²) in [4.78, 5) is 13.7. The summed E-state index contributed by atoms with van der Waals surface area (Å²) in [5, 5.41) is 3.63. The molecular weight excluding hydrogens is 342 g/mol. The van der Waals surface area contributed by atoms with Crippen molar-refractivity contribution in [3.63, 3.8) is 0 Å². The number of carbonyl (C=O) groups is 1. The second-order valence-corrected chi connectivity index (χ2v) is 7.15. The highest BCUT2D eigenvalue weighted by atomic mass is 35.5.